The van der Waals surface area contributed by atoms with Gasteiger partial charge in [0, 0.05) is 29.4 Å². The second-order valence-electron chi connectivity index (χ2n) is 6.27. The van der Waals surface area contributed by atoms with Crippen LogP contribution in [0.15, 0.2) is 60.8 Å². The van der Waals surface area contributed by atoms with Crippen LogP contribution in [0.4, 0.5) is 10.1 Å². The van der Waals surface area contributed by atoms with E-state index in [-0.39, 0.29) is 5.82 Å². The SMILES string of the molecule is COc1ccc(F)cc1CNc1ccc2[nH]nc(/C=C/c3ccccn3)c2c1. The molecule has 0 aliphatic heterocycles. The van der Waals surface area contributed by atoms with Gasteiger partial charge < -0.3 is 10.1 Å². The van der Waals surface area contributed by atoms with Gasteiger partial charge in [-0.3, -0.25) is 10.1 Å². The predicted octanol–water partition coefficient (Wildman–Crippen LogP) is 4.89. The fraction of sp³-hybridized carbons (Fsp3) is 0.0909. The van der Waals surface area contributed by atoms with Crippen LogP contribution in [0.2, 0.25) is 0 Å². The summed E-state index contributed by atoms with van der Waals surface area (Å²) >= 11 is 0. The first kappa shape index (κ1) is 17.7. The summed E-state index contributed by atoms with van der Waals surface area (Å²) in [5.74, 6) is 0.363. The summed E-state index contributed by atoms with van der Waals surface area (Å²) in [7, 11) is 1.58. The molecule has 0 unspecified atom stereocenters. The van der Waals surface area contributed by atoms with Crippen molar-refractivity contribution >= 4 is 28.7 Å². The van der Waals surface area contributed by atoms with Crippen molar-refractivity contribution in [3.8, 4) is 5.75 Å². The number of nitrogens with one attached hydrogen (secondary N) is 2. The number of H-pyrrole nitrogens is 1. The van der Waals surface area contributed by atoms with Crippen molar-refractivity contribution in [3.63, 3.8) is 0 Å². The number of benzene rings is 2. The lowest BCUT2D eigenvalue weighted by Gasteiger charge is -2.11. The normalized spacial score (nSPS) is 11.2. The highest BCUT2D eigenvalue weighted by atomic mass is 19.1. The van der Waals surface area contributed by atoms with Gasteiger partial charge in [-0.1, -0.05) is 6.07 Å². The molecule has 0 saturated carbocycles. The van der Waals surface area contributed by atoms with E-state index in [1.54, 1.807) is 19.4 Å². The molecule has 2 aromatic heterocycles. The molecular weight excluding hydrogens is 355 g/mol. The smallest absolute Gasteiger partial charge is 0.124 e. The molecule has 0 saturated heterocycles. The average molecular weight is 374 g/mol. The van der Waals surface area contributed by atoms with Crippen LogP contribution in [-0.4, -0.2) is 22.3 Å². The average Bonchev–Trinajstić information content (AvgIpc) is 3.14. The molecule has 0 bridgehead atoms. The number of halogens is 1. The van der Waals surface area contributed by atoms with Gasteiger partial charge in [-0.2, -0.15) is 5.10 Å². The lowest BCUT2D eigenvalue weighted by Crippen LogP contribution is -2.02. The van der Waals surface area contributed by atoms with Gasteiger partial charge in [-0.05, 0) is 60.7 Å². The van der Waals surface area contributed by atoms with Crippen LogP contribution >= 0.6 is 0 Å². The van der Waals surface area contributed by atoms with E-state index in [2.05, 4.69) is 20.5 Å². The Bertz CT molecular complexity index is 1120. The number of fused-ring (bicyclic) bond motifs is 1. The molecule has 0 aliphatic carbocycles. The van der Waals surface area contributed by atoms with Gasteiger partial charge >= 0.3 is 0 Å². The van der Waals surface area contributed by atoms with Crippen molar-refractivity contribution in [2.24, 2.45) is 0 Å². The quantitative estimate of drug-likeness (QED) is 0.504. The van der Waals surface area contributed by atoms with Crippen LogP contribution in [0, 0.1) is 5.82 Å². The summed E-state index contributed by atoms with van der Waals surface area (Å²) in [6.45, 7) is 0.448. The molecule has 0 aliphatic rings. The Morgan fingerprint density at radius 2 is 2.04 bits per heavy atom. The third-order valence-electron chi connectivity index (χ3n) is 4.42. The molecule has 2 aromatic carbocycles. The molecule has 0 radical (unpaired) electrons. The standard InChI is InChI=1S/C22H19FN4O/c1-28-22-10-5-16(23)12-15(22)14-25-18-7-9-21-19(13-18)20(26-27-21)8-6-17-4-2-3-11-24-17/h2-13,25H,14H2,1H3,(H,26,27)/b8-6+. The van der Waals surface area contributed by atoms with Gasteiger partial charge in [0.05, 0.1) is 24.0 Å². The molecule has 2 N–H and O–H groups in total. The zero-order chi connectivity index (χ0) is 19.3. The number of rotatable bonds is 6. The Kier molecular flexibility index (Phi) is 5.01. The fourth-order valence-electron chi connectivity index (χ4n) is 2.99. The number of hydrogen-bond acceptors (Lipinski definition) is 4. The van der Waals surface area contributed by atoms with Crippen LogP contribution in [0.25, 0.3) is 23.1 Å². The van der Waals surface area contributed by atoms with Crippen LogP contribution in [0.3, 0.4) is 0 Å². The van der Waals surface area contributed by atoms with Gasteiger partial charge in [-0.25, -0.2) is 4.39 Å². The first-order chi connectivity index (χ1) is 13.7. The highest BCUT2D eigenvalue weighted by Crippen LogP contribution is 2.24. The molecule has 4 rings (SSSR count). The van der Waals surface area contributed by atoms with Crippen molar-refractivity contribution in [3.05, 3.63) is 83.6 Å². The molecule has 28 heavy (non-hydrogen) atoms. The zero-order valence-corrected chi connectivity index (χ0v) is 15.3. The number of methoxy groups -OCH3 is 1. The summed E-state index contributed by atoms with van der Waals surface area (Å²) in [4.78, 5) is 4.28. The maximum absolute atomic E-state index is 13.5. The summed E-state index contributed by atoms with van der Waals surface area (Å²) in [5.41, 5.74) is 4.30. The first-order valence-electron chi connectivity index (χ1n) is 8.86. The molecular formula is C22H19FN4O. The molecule has 5 nitrogen and oxygen atoms in total. The van der Waals surface area contributed by atoms with Crippen molar-refractivity contribution in [2.45, 2.75) is 6.54 Å². The Morgan fingerprint density at radius 3 is 2.86 bits per heavy atom. The monoisotopic (exact) mass is 374 g/mol. The van der Waals surface area contributed by atoms with E-state index in [0.29, 0.717) is 12.3 Å². The number of nitrogens with zero attached hydrogens (tertiary/aromatic N) is 2. The van der Waals surface area contributed by atoms with Crippen molar-refractivity contribution in [1.29, 1.82) is 0 Å². The molecule has 4 aromatic rings. The highest BCUT2D eigenvalue weighted by Gasteiger charge is 2.07. The van der Waals surface area contributed by atoms with E-state index < -0.39 is 0 Å². The summed E-state index contributed by atoms with van der Waals surface area (Å²) < 4.78 is 18.8. The second kappa shape index (κ2) is 7.92. The number of aromatic amines is 1. The Balaban J connectivity index is 1.56. The van der Waals surface area contributed by atoms with Crippen LogP contribution < -0.4 is 10.1 Å². The van der Waals surface area contributed by atoms with E-state index in [4.69, 9.17) is 4.74 Å². The summed E-state index contributed by atoms with van der Waals surface area (Å²) in [5, 5.41) is 11.7. The molecule has 0 atom stereocenters. The second-order valence-corrected chi connectivity index (χ2v) is 6.27. The minimum absolute atomic E-state index is 0.287. The number of aromatic nitrogens is 3. The fourth-order valence-corrected chi connectivity index (χ4v) is 2.99. The van der Waals surface area contributed by atoms with E-state index in [9.17, 15) is 4.39 Å². The minimum Gasteiger partial charge on any atom is -0.496 e. The maximum atomic E-state index is 13.5. The zero-order valence-electron chi connectivity index (χ0n) is 15.3. The predicted molar refractivity (Wildman–Crippen MR) is 110 cm³/mol. The van der Waals surface area contributed by atoms with E-state index >= 15 is 0 Å². The first-order valence-corrected chi connectivity index (χ1v) is 8.86. The summed E-state index contributed by atoms with van der Waals surface area (Å²) in [6.07, 6.45) is 5.61. The van der Waals surface area contributed by atoms with Gasteiger partial charge in [0.1, 0.15) is 11.6 Å². The minimum atomic E-state index is -0.287. The van der Waals surface area contributed by atoms with Crippen LogP contribution in [0.1, 0.15) is 17.0 Å². The third kappa shape index (κ3) is 3.86. The Labute approximate surface area is 161 Å². The highest BCUT2D eigenvalue weighted by molar-refractivity contribution is 5.91. The maximum Gasteiger partial charge on any atom is 0.124 e. The van der Waals surface area contributed by atoms with Crippen molar-refractivity contribution < 1.29 is 9.13 Å². The van der Waals surface area contributed by atoms with Gasteiger partial charge in [0.25, 0.3) is 0 Å². The Morgan fingerprint density at radius 1 is 1.11 bits per heavy atom. The largest absolute Gasteiger partial charge is 0.496 e. The van der Waals surface area contributed by atoms with Crippen molar-refractivity contribution in [2.75, 3.05) is 12.4 Å². The number of hydrogen-bond donors (Lipinski definition) is 2. The molecule has 2 heterocycles. The number of pyridine rings is 1. The topological polar surface area (TPSA) is 62.8 Å². The Hall–Kier alpha value is -3.67. The number of anilines is 1. The lowest BCUT2D eigenvalue weighted by atomic mass is 10.1. The van der Waals surface area contributed by atoms with Crippen LogP contribution in [0.5, 0.6) is 5.75 Å². The molecule has 6 heteroatoms. The van der Waals surface area contributed by atoms with Gasteiger partial charge in [0.2, 0.25) is 0 Å². The third-order valence-corrected chi connectivity index (χ3v) is 4.42. The van der Waals surface area contributed by atoms with Gasteiger partial charge in [-0.15, -0.1) is 0 Å². The number of ether oxygens (including phenoxy) is 1. The molecule has 140 valence electrons. The summed E-state index contributed by atoms with van der Waals surface area (Å²) in [6, 6.07) is 16.2. The lowest BCUT2D eigenvalue weighted by molar-refractivity contribution is 0.409. The van der Waals surface area contributed by atoms with Gasteiger partial charge in [0.15, 0.2) is 0 Å². The van der Waals surface area contributed by atoms with E-state index in [0.717, 1.165) is 33.5 Å². The molecule has 0 spiro atoms. The van der Waals surface area contributed by atoms with E-state index in [1.165, 1.54) is 12.1 Å². The van der Waals surface area contributed by atoms with E-state index in [1.807, 2.05) is 48.6 Å². The molecule has 0 amide bonds. The van der Waals surface area contributed by atoms with Crippen molar-refractivity contribution in [1.82, 2.24) is 15.2 Å². The van der Waals surface area contributed by atoms with Crippen LogP contribution in [-0.2, 0) is 6.54 Å². The molecule has 0 fully saturated rings.